The van der Waals surface area contributed by atoms with Crippen LogP contribution in [0.3, 0.4) is 0 Å². The number of halogens is 1. The van der Waals surface area contributed by atoms with Crippen molar-refractivity contribution in [2.24, 2.45) is 5.92 Å². The molecular weight excluding hydrogens is 260 g/mol. The lowest BCUT2D eigenvalue weighted by Gasteiger charge is -2.20. The van der Waals surface area contributed by atoms with E-state index in [1.54, 1.807) is 0 Å². The molecule has 1 aliphatic rings. The van der Waals surface area contributed by atoms with Crippen molar-refractivity contribution in [1.82, 2.24) is 0 Å². The molecule has 104 valence electrons. The van der Waals surface area contributed by atoms with E-state index >= 15 is 0 Å². The minimum Gasteiger partial charge on any atom is -0.397 e. The molecule has 2 rings (SSSR count). The van der Waals surface area contributed by atoms with Crippen molar-refractivity contribution < 1.29 is 4.79 Å². The molecule has 1 heterocycles. The van der Waals surface area contributed by atoms with E-state index in [1.165, 1.54) is 0 Å². The Bertz CT molecular complexity index is 487. The topological polar surface area (TPSA) is 46.3 Å². The molecule has 1 aromatic carbocycles. The van der Waals surface area contributed by atoms with Crippen molar-refractivity contribution in [2.75, 3.05) is 17.2 Å². The summed E-state index contributed by atoms with van der Waals surface area (Å²) in [7, 11) is 0. The number of nitrogen functional groups attached to an aromatic ring is 1. The van der Waals surface area contributed by atoms with Gasteiger partial charge in [-0.05, 0) is 37.5 Å². The van der Waals surface area contributed by atoms with Crippen molar-refractivity contribution in [1.29, 1.82) is 0 Å². The molecule has 1 atom stereocenters. The van der Waals surface area contributed by atoms with Crippen molar-refractivity contribution in [3.63, 3.8) is 0 Å². The molecule has 1 aromatic rings. The number of amides is 1. The van der Waals surface area contributed by atoms with Crippen LogP contribution in [0.2, 0.25) is 5.02 Å². The zero-order chi connectivity index (χ0) is 14.0. The van der Waals surface area contributed by atoms with E-state index in [-0.39, 0.29) is 11.8 Å². The van der Waals surface area contributed by atoms with Gasteiger partial charge in [-0.3, -0.25) is 4.79 Å². The Hall–Kier alpha value is -1.22. The Kier molecular flexibility index (Phi) is 4.35. The van der Waals surface area contributed by atoms with Gasteiger partial charge in [0.2, 0.25) is 5.91 Å². The van der Waals surface area contributed by atoms with Crippen LogP contribution in [-0.2, 0) is 4.79 Å². The molecule has 0 bridgehead atoms. The number of benzene rings is 1. The van der Waals surface area contributed by atoms with Crippen molar-refractivity contribution in [2.45, 2.75) is 39.5 Å². The van der Waals surface area contributed by atoms with Gasteiger partial charge >= 0.3 is 0 Å². The summed E-state index contributed by atoms with van der Waals surface area (Å²) in [6, 6.07) is 3.65. The first-order valence-corrected chi connectivity index (χ1v) is 7.29. The molecular formula is C15H21ClN2O. The normalized spacial score (nSPS) is 19.2. The Labute approximate surface area is 119 Å². The molecule has 0 saturated carbocycles. The number of carbonyl (C=O) groups is 1. The molecule has 1 fully saturated rings. The van der Waals surface area contributed by atoms with Crippen LogP contribution in [0.5, 0.6) is 0 Å². The third kappa shape index (κ3) is 2.86. The highest BCUT2D eigenvalue weighted by atomic mass is 35.5. The van der Waals surface area contributed by atoms with Gasteiger partial charge in [0.25, 0.3) is 0 Å². The number of nitrogens with two attached hydrogens (primary N) is 1. The van der Waals surface area contributed by atoms with Gasteiger partial charge in [-0.15, -0.1) is 0 Å². The third-order valence-electron chi connectivity index (χ3n) is 3.83. The number of carbonyl (C=O) groups excluding carboxylic acids is 1. The fourth-order valence-corrected chi connectivity index (χ4v) is 2.88. The minimum atomic E-state index is 0.177. The Balaban J connectivity index is 2.20. The lowest BCUT2D eigenvalue weighted by Crippen LogP contribution is -2.27. The number of hydrogen-bond acceptors (Lipinski definition) is 2. The van der Waals surface area contributed by atoms with Crippen molar-refractivity contribution >= 4 is 28.9 Å². The van der Waals surface area contributed by atoms with Gasteiger partial charge in [0.05, 0.1) is 10.7 Å². The van der Waals surface area contributed by atoms with Gasteiger partial charge in [0.1, 0.15) is 0 Å². The molecule has 2 N–H and O–H groups in total. The Morgan fingerprint density at radius 1 is 1.47 bits per heavy atom. The predicted molar refractivity (Wildman–Crippen MR) is 80.6 cm³/mol. The maximum Gasteiger partial charge on any atom is 0.230 e. The Morgan fingerprint density at radius 3 is 2.89 bits per heavy atom. The van der Waals surface area contributed by atoms with Gasteiger partial charge < -0.3 is 10.6 Å². The maximum absolute atomic E-state index is 12.4. The van der Waals surface area contributed by atoms with E-state index in [4.69, 9.17) is 17.3 Å². The largest absolute Gasteiger partial charge is 0.397 e. The molecule has 0 spiro atoms. The molecule has 1 amide bonds. The second kappa shape index (κ2) is 5.83. The van der Waals surface area contributed by atoms with Crippen LogP contribution in [0.15, 0.2) is 12.1 Å². The lowest BCUT2D eigenvalue weighted by molar-refractivity contribution is -0.120. The summed E-state index contributed by atoms with van der Waals surface area (Å²) in [5, 5.41) is 0.551. The van der Waals surface area contributed by atoms with Gasteiger partial charge in [-0.1, -0.05) is 31.4 Å². The molecule has 1 aliphatic heterocycles. The molecule has 1 unspecified atom stereocenters. The highest BCUT2D eigenvalue weighted by Crippen LogP contribution is 2.34. The molecule has 0 aromatic heterocycles. The highest BCUT2D eigenvalue weighted by Gasteiger charge is 2.32. The standard InChI is InChI=1S/C15H21ClN2O/c1-3-4-5-11-6-7-18(15(11)19)14-9-13(17)12(16)8-10(14)2/h8-9,11H,3-7,17H2,1-2H3. The third-order valence-corrected chi connectivity index (χ3v) is 4.16. The van der Waals surface area contributed by atoms with Crippen molar-refractivity contribution in [3.05, 3.63) is 22.7 Å². The molecule has 0 aliphatic carbocycles. The quantitative estimate of drug-likeness (QED) is 0.853. The molecule has 3 nitrogen and oxygen atoms in total. The summed E-state index contributed by atoms with van der Waals surface area (Å²) < 4.78 is 0. The van der Waals surface area contributed by atoms with Crippen molar-refractivity contribution in [3.8, 4) is 0 Å². The number of rotatable bonds is 4. The summed E-state index contributed by atoms with van der Waals surface area (Å²) in [5.74, 6) is 0.412. The molecule has 0 radical (unpaired) electrons. The summed E-state index contributed by atoms with van der Waals surface area (Å²) in [6.07, 6.45) is 4.19. The van der Waals surface area contributed by atoms with E-state index in [0.29, 0.717) is 10.7 Å². The van der Waals surface area contributed by atoms with Gasteiger partial charge in [-0.2, -0.15) is 0 Å². The predicted octanol–water partition coefficient (Wildman–Crippen LogP) is 3.77. The number of aryl methyl sites for hydroxylation is 1. The number of hydrogen-bond donors (Lipinski definition) is 1. The lowest BCUT2D eigenvalue weighted by atomic mass is 10.0. The molecule has 4 heteroatoms. The number of anilines is 2. The average molecular weight is 281 g/mol. The van der Waals surface area contributed by atoms with E-state index in [1.807, 2.05) is 24.0 Å². The van der Waals surface area contributed by atoms with E-state index in [9.17, 15) is 4.79 Å². The van der Waals surface area contributed by atoms with Crippen LogP contribution in [0.25, 0.3) is 0 Å². The second-order valence-corrected chi connectivity index (χ2v) is 5.69. The van der Waals surface area contributed by atoms with Crippen LogP contribution >= 0.6 is 11.6 Å². The molecule has 19 heavy (non-hydrogen) atoms. The number of unbranched alkanes of at least 4 members (excludes halogenated alkanes) is 1. The van der Waals surface area contributed by atoms with E-state index in [2.05, 4.69) is 6.92 Å². The van der Waals surface area contributed by atoms with E-state index < -0.39 is 0 Å². The monoisotopic (exact) mass is 280 g/mol. The SMILES string of the molecule is CCCCC1CCN(c2cc(N)c(Cl)cc2C)C1=O. The van der Waals surface area contributed by atoms with Crippen LogP contribution < -0.4 is 10.6 Å². The first-order chi connectivity index (χ1) is 9.04. The first-order valence-electron chi connectivity index (χ1n) is 6.91. The fraction of sp³-hybridized carbons (Fsp3) is 0.533. The minimum absolute atomic E-state index is 0.177. The maximum atomic E-state index is 12.4. The second-order valence-electron chi connectivity index (χ2n) is 5.28. The van der Waals surface area contributed by atoms with Crippen LogP contribution in [-0.4, -0.2) is 12.5 Å². The first kappa shape index (κ1) is 14.2. The number of nitrogens with zero attached hydrogens (tertiary/aromatic N) is 1. The smallest absolute Gasteiger partial charge is 0.230 e. The highest BCUT2D eigenvalue weighted by molar-refractivity contribution is 6.33. The van der Waals surface area contributed by atoms with Crippen LogP contribution in [0.4, 0.5) is 11.4 Å². The summed E-state index contributed by atoms with van der Waals surface area (Å²) in [4.78, 5) is 14.3. The average Bonchev–Trinajstić information content (AvgIpc) is 2.73. The van der Waals surface area contributed by atoms with Gasteiger partial charge in [0.15, 0.2) is 0 Å². The fourth-order valence-electron chi connectivity index (χ4n) is 2.66. The molecule has 1 saturated heterocycles. The van der Waals surface area contributed by atoms with Crippen LogP contribution in [0.1, 0.15) is 38.2 Å². The summed E-state index contributed by atoms with van der Waals surface area (Å²) in [5.41, 5.74) is 8.29. The van der Waals surface area contributed by atoms with Gasteiger partial charge in [-0.25, -0.2) is 0 Å². The summed E-state index contributed by atoms with van der Waals surface area (Å²) >= 11 is 6.00. The Morgan fingerprint density at radius 2 is 2.21 bits per heavy atom. The van der Waals surface area contributed by atoms with Gasteiger partial charge in [0, 0.05) is 18.2 Å². The summed E-state index contributed by atoms with van der Waals surface area (Å²) in [6.45, 7) is 4.91. The zero-order valence-corrected chi connectivity index (χ0v) is 12.3. The zero-order valence-electron chi connectivity index (χ0n) is 11.6. The van der Waals surface area contributed by atoms with E-state index in [0.717, 1.165) is 43.5 Å². The van der Waals surface area contributed by atoms with Crippen LogP contribution in [0, 0.1) is 12.8 Å².